The third kappa shape index (κ3) is 3.08. The van der Waals surface area contributed by atoms with Gasteiger partial charge in [-0.2, -0.15) is 13.2 Å². The molecular formula is C17H17F3N2. The van der Waals surface area contributed by atoms with E-state index in [1.807, 2.05) is 25.3 Å². The molecule has 0 spiro atoms. The number of pyridine rings is 1. The van der Waals surface area contributed by atoms with Crippen LogP contribution in [0.2, 0.25) is 0 Å². The first-order valence-corrected chi connectivity index (χ1v) is 7.28. The van der Waals surface area contributed by atoms with Crippen LogP contribution in [-0.2, 0) is 6.18 Å². The monoisotopic (exact) mass is 306 g/mol. The molecular weight excluding hydrogens is 289 g/mol. The number of nitrogens with zero attached hydrogens (tertiary/aromatic N) is 2. The summed E-state index contributed by atoms with van der Waals surface area (Å²) in [5.41, 5.74) is 1.48. The molecule has 0 amide bonds. The first-order chi connectivity index (χ1) is 10.4. The summed E-state index contributed by atoms with van der Waals surface area (Å²) in [6.07, 6.45) is -1.51. The van der Waals surface area contributed by atoms with Gasteiger partial charge in [0.1, 0.15) is 5.82 Å². The molecule has 1 fully saturated rings. The van der Waals surface area contributed by atoms with Crippen molar-refractivity contribution in [3.8, 4) is 0 Å². The van der Waals surface area contributed by atoms with E-state index in [0.717, 1.165) is 36.5 Å². The zero-order valence-corrected chi connectivity index (χ0v) is 12.3. The Bertz CT molecular complexity index is 632. The van der Waals surface area contributed by atoms with Crippen molar-refractivity contribution in [2.45, 2.75) is 25.4 Å². The highest BCUT2D eigenvalue weighted by Gasteiger charge is 2.31. The van der Waals surface area contributed by atoms with E-state index in [0.29, 0.717) is 0 Å². The number of hydrogen-bond donors (Lipinski definition) is 0. The van der Waals surface area contributed by atoms with Gasteiger partial charge in [0.05, 0.1) is 5.56 Å². The Labute approximate surface area is 127 Å². The second kappa shape index (κ2) is 5.63. The standard InChI is InChI=1S/C17H17F3N2/c1-12-2-7-16(21-10-12)22-9-8-14(11-22)13-3-5-15(6-4-13)17(18,19)20/h2-7,10,14H,8-9,11H2,1H3. The van der Waals surface area contributed by atoms with Crippen LogP contribution in [0.1, 0.15) is 29.0 Å². The van der Waals surface area contributed by atoms with Crippen molar-refractivity contribution in [1.29, 1.82) is 0 Å². The lowest BCUT2D eigenvalue weighted by Crippen LogP contribution is -2.20. The predicted octanol–water partition coefficient (Wildman–Crippen LogP) is 4.40. The Balaban J connectivity index is 1.71. The van der Waals surface area contributed by atoms with Crippen LogP contribution in [0.15, 0.2) is 42.6 Å². The van der Waals surface area contributed by atoms with E-state index in [9.17, 15) is 13.2 Å². The highest BCUT2D eigenvalue weighted by Crippen LogP contribution is 2.33. The number of hydrogen-bond acceptors (Lipinski definition) is 2. The van der Waals surface area contributed by atoms with Crippen molar-refractivity contribution in [2.75, 3.05) is 18.0 Å². The van der Waals surface area contributed by atoms with E-state index in [2.05, 4.69) is 9.88 Å². The van der Waals surface area contributed by atoms with Crippen LogP contribution in [0.25, 0.3) is 0 Å². The highest BCUT2D eigenvalue weighted by atomic mass is 19.4. The van der Waals surface area contributed by atoms with Gasteiger partial charge in [0.25, 0.3) is 0 Å². The number of anilines is 1. The van der Waals surface area contributed by atoms with Crippen molar-refractivity contribution in [3.63, 3.8) is 0 Å². The summed E-state index contributed by atoms with van der Waals surface area (Å²) in [6.45, 7) is 3.66. The molecule has 1 aromatic carbocycles. The summed E-state index contributed by atoms with van der Waals surface area (Å²) in [5, 5.41) is 0. The van der Waals surface area contributed by atoms with Crippen molar-refractivity contribution in [2.24, 2.45) is 0 Å². The highest BCUT2D eigenvalue weighted by molar-refractivity contribution is 5.42. The van der Waals surface area contributed by atoms with Crippen LogP contribution >= 0.6 is 0 Å². The number of halogens is 3. The van der Waals surface area contributed by atoms with Gasteiger partial charge < -0.3 is 4.90 Å². The maximum absolute atomic E-state index is 12.6. The molecule has 1 atom stereocenters. The Morgan fingerprint density at radius 2 is 1.82 bits per heavy atom. The van der Waals surface area contributed by atoms with Crippen LogP contribution in [0, 0.1) is 6.92 Å². The molecule has 2 heterocycles. The van der Waals surface area contributed by atoms with Crippen molar-refractivity contribution < 1.29 is 13.2 Å². The van der Waals surface area contributed by atoms with Gasteiger partial charge in [-0.05, 0) is 42.7 Å². The summed E-state index contributed by atoms with van der Waals surface area (Å²) < 4.78 is 37.8. The fourth-order valence-electron chi connectivity index (χ4n) is 2.83. The third-order valence-corrected chi connectivity index (χ3v) is 4.12. The Hall–Kier alpha value is -2.04. The molecule has 5 heteroatoms. The molecule has 0 aliphatic carbocycles. The van der Waals surface area contributed by atoms with Gasteiger partial charge in [-0.15, -0.1) is 0 Å². The molecule has 2 nitrogen and oxygen atoms in total. The number of aryl methyl sites for hydroxylation is 1. The molecule has 1 aromatic heterocycles. The second-order valence-electron chi connectivity index (χ2n) is 5.75. The number of alkyl halides is 3. The van der Waals surface area contributed by atoms with Gasteiger partial charge >= 0.3 is 6.18 Å². The Kier molecular flexibility index (Phi) is 3.81. The van der Waals surface area contributed by atoms with Gasteiger partial charge in [-0.1, -0.05) is 18.2 Å². The largest absolute Gasteiger partial charge is 0.416 e. The number of aromatic nitrogens is 1. The molecule has 2 aromatic rings. The molecule has 1 aliphatic rings. The average molecular weight is 306 g/mol. The van der Waals surface area contributed by atoms with E-state index in [-0.39, 0.29) is 5.92 Å². The Morgan fingerprint density at radius 3 is 2.41 bits per heavy atom. The zero-order valence-electron chi connectivity index (χ0n) is 12.3. The van der Waals surface area contributed by atoms with E-state index >= 15 is 0 Å². The first-order valence-electron chi connectivity index (χ1n) is 7.28. The van der Waals surface area contributed by atoms with Gasteiger partial charge in [0.15, 0.2) is 0 Å². The van der Waals surface area contributed by atoms with Crippen LogP contribution in [-0.4, -0.2) is 18.1 Å². The lowest BCUT2D eigenvalue weighted by atomic mass is 9.97. The maximum Gasteiger partial charge on any atom is 0.416 e. The minimum absolute atomic E-state index is 0.255. The predicted molar refractivity (Wildman–Crippen MR) is 80.0 cm³/mol. The van der Waals surface area contributed by atoms with E-state index < -0.39 is 11.7 Å². The third-order valence-electron chi connectivity index (χ3n) is 4.12. The molecule has 3 rings (SSSR count). The van der Waals surface area contributed by atoms with Crippen LogP contribution < -0.4 is 4.90 Å². The molecule has 0 saturated carbocycles. The van der Waals surface area contributed by atoms with E-state index in [1.54, 1.807) is 12.1 Å². The molecule has 116 valence electrons. The summed E-state index contributed by atoms with van der Waals surface area (Å²) in [6, 6.07) is 9.54. The topological polar surface area (TPSA) is 16.1 Å². The molecule has 22 heavy (non-hydrogen) atoms. The molecule has 1 aliphatic heterocycles. The van der Waals surface area contributed by atoms with Crippen molar-refractivity contribution in [3.05, 3.63) is 59.3 Å². The van der Waals surface area contributed by atoms with Gasteiger partial charge in [-0.25, -0.2) is 4.98 Å². The van der Waals surface area contributed by atoms with E-state index in [4.69, 9.17) is 0 Å². The fourth-order valence-corrected chi connectivity index (χ4v) is 2.83. The second-order valence-corrected chi connectivity index (χ2v) is 5.75. The van der Waals surface area contributed by atoms with Crippen LogP contribution in [0.3, 0.4) is 0 Å². The first kappa shape index (κ1) is 14.9. The summed E-state index contributed by atoms with van der Waals surface area (Å²) >= 11 is 0. The smallest absolute Gasteiger partial charge is 0.356 e. The SMILES string of the molecule is Cc1ccc(N2CCC(c3ccc(C(F)(F)F)cc3)C2)nc1. The van der Waals surface area contributed by atoms with Gasteiger partial charge in [0, 0.05) is 25.2 Å². The summed E-state index contributed by atoms with van der Waals surface area (Å²) in [4.78, 5) is 6.59. The lowest BCUT2D eigenvalue weighted by molar-refractivity contribution is -0.137. The van der Waals surface area contributed by atoms with Gasteiger partial charge in [-0.3, -0.25) is 0 Å². The normalized spacial score (nSPS) is 18.7. The number of rotatable bonds is 2. The molecule has 1 unspecified atom stereocenters. The minimum atomic E-state index is -4.27. The van der Waals surface area contributed by atoms with Crippen molar-refractivity contribution >= 4 is 5.82 Å². The Morgan fingerprint density at radius 1 is 1.09 bits per heavy atom. The van der Waals surface area contributed by atoms with Crippen molar-refractivity contribution in [1.82, 2.24) is 4.98 Å². The maximum atomic E-state index is 12.6. The molecule has 0 radical (unpaired) electrons. The molecule has 0 N–H and O–H groups in total. The van der Waals surface area contributed by atoms with Crippen LogP contribution in [0.4, 0.5) is 19.0 Å². The fraction of sp³-hybridized carbons (Fsp3) is 0.353. The zero-order chi connectivity index (χ0) is 15.7. The van der Waals surface area contributed by atoms with Crippen LogP contribution in [0.5, 0.6) is 0 Å². The average Bonchev–Trinajstić information content (AvgIpc) is 2.97. The summed E-state index contributed by atoms with van der Waals surface area (Å²) in [7, 11) is 0. The molecule has 1 saturated heterocycles. The quantitative estimate of drug-likeness (QED) is 0.817. The minimum Gasteiger partial charge on any atom is -0.356 e. The summed E-state index contributed by atoms with van der Waals surface area (Å²) in [5.74, 6) is 1.19. The lowest BCUT2D eigenvalue weighted by Gasteiger charge is -2.18. The van der Waals surface area contributed by atoms with E-state index in [1.165, 1.54) is 12.1 Å². The number of benzene rings is 1. The van der Waals surface area contributed by atoms with Gasteiger partial charge in [0.2, 0.25) is 0 Å². The molecule has 0 bridgehead atoms.